The van der Waals surface area contributed by atoms with Gasteiger partial charge in [-0.05, 0) is 42.5 Å². The van der Waals surface area contributed by atoms with Crippen molar-refractivity contribution in [3.63, 3.8) is 0 Å². The molecule has 3 N–H and O–H groups in total. The topological polar surface area (TPSA) is 187 Å². The van der Waals surface area contributed by atoms with Crippen LogP contribution in [0.3, 0.4) is 0 Å². The number of aliphatic hydroxyl groups is 1. The van der Waals surface area contributed by atoms with E-state index in [-0.39, 0.29) is 60.7 Å². The molecule has 1 amide bonds. The smallest absolute Gasteiger partial charge is 0.407 e. The standard InChI is InChI=1S/C30H40N4O10S2/c1-19(2)16-34(46(39,40)21-9-10-27-23(14-21)25(33-44-27)15-31-45(3,37)38)17-26(35)24(13-20-7-5-4-6-8-20)32-30(36)43-28-18-42-29-22(28)11-12-41-29/h4-10,14,19,22,24,26,28-29,31,35H,11-13,15-18H2,1-3H3,(H,32,36)/t22-,24-,26+,28?,29+/m0/s1. The molecule has 0 bridgehead atoms. The van der Waals surface area contributed by atoms with Gasteiger partial charge in [0.25, 0.3) is 0 Å². The van der Waals surface area contributed by atoms with Crippen LogP contribution in [0.2, 0.25) is 0 Å². The van der Waals surface area contributed by atoms with E-state index in [2.05, 4.69) is 15.2 Å². The average Bonchev–Trinajstić information content (AvgIpc) is 3.72. The zero-order chi connectivity index (χ0) is 33.1. The van der Waals surface area contributed by atoms with Crippen LogP contribution in [0.5, 0.6) is 0 Å². The lowest BCUT2D eigenvalue weighted by Gasteiger charge is -2.31. The molecule has 3 heterocycles. The van der Waals surface area contributed by atoms with Crippen molar-refractivity contribution in [2.24, 2.45) is 11.8 Å². The van der Waals surface area contributed by atoms with E-state index >= 15 is 0 Å². The first kappa shape index (κ1) is 34.2. The maximum atomic E-state index is 14.1. The van der Waals surface area contributed by atoms with Crippen LogP contribution in [0.4, 0.5) is 4.79 Å². The molecule has 2 aromatic carbocycles. The Morgan fingerprint density at radius 2 is 1.87 bits per heavy atom. The SMILES string of the molecule is CC(C)CN(C[C@@H](O)[C@H](Cc1ccccc1)NC(=O)OC1CO[C@H]2OCC[C@@H]12)S(=O)(=O)c1ccc2onc(CNS(C)(=O)=O)c2c1. The molecule has 0 spiro atoms. The van der Waals surface area contributed by atoms with Gasteiger partial charge in [-0.1, -0.05) is 49.3 Å². The third-order valence-electron chi connectivity index (χ3n) is 7.92. The molecule has 0 saturated carbocycles. The van der Waals surface area contributed by atoms with Crippen molar-refractivity contribution in [2.45, 2.75) is 62.7 Å². The van der Waals surface area contributed by atoms with Crippen LogP contribution in [0.15, 0.2) is 57.9 Å². The van der Waals surface area contributed by atoms with Crippen molar-refractivity contribution in [2.75, 3.05) is 32.6 Å². The highest BCUT2D eigenvalue weighted by atomic mass is 32.2. The molecule has 252 valence electrons. The maximum absolute atomic E-state index is 14.1. The lowest BCUT2D eigenvalue weighted by molar-refractivity contribution is -0.0907. The minimum atomic E-state index is -4.19. The number of carbonyl (C=O) groups is 1. The van der Waals surface area contributed by atoms with Crippen LogP contribution in [0.25, 0.3) is 11.0 Å². The number of aliphatic hydroxyl groups excluding tert-OH is 1. The highest BCUT2D eigenvalue weighted by molar-refractivity contribution is 7.89. The Balaban J connectivity index is 1.36. The van der Waals surface area contributed by atoms with Crippen molar-refractivity contribution < 1.29 is 45.5 Å². The number of ether oxygens (including phenoxy) is 3. The van der Waals surface area contributed by atoms with Crippen LogP contribution in [-0.4, -0.2) is 94.6 Å². The first-order valence-electron chi connectivity index (χ1n) is 15.1. The molecule has 0 aliphatic carbocycles. The van der Waals surface area contributed by atoms with Crippen LogP contribution < -0.4 is 10.0 Å². The quantitative estimate of drug-likeness (QED) is 0.226. The van der Waals surface area contributed by atoms with Gasteiger partial charge < -0.3 is 29.2 Å². The van der Waals surface area contributed by atoms with Crippen molar-refractivity contribution >= 4 is 37.1 Å². The first-order valence-corrected chi connectivity index (χ1v) is 18.4. The summed E-state index contributed by atoms with van der Waals surface area (Å²) in [5.41, 5.74) is 1.34. The number of carbonyl (C=O) groups excluding carboxylic acids is 1. The Hall–Kier alpha value is -3.12. The molecular weight excluding hydrogens is 640 g/mol. The third kappa shape index (κ3) is 8.42. The summed E-state index contributed by atoms with van der Waals surface area (Å²) in [5.74, 6) is -0.175. The number of sulfonamides is 2. The minimum Gasteiger partial charge on any atom is -0.443 e. The van der Waals surface area contributed by atoms with Gasteiger partial charge in [0.15, 0.2) is 11.9 Å². The summed E-state index contributed by atoms with van der Waals surface area (Å²) >= 11 is 0. The molecule has 2 aliphatic heterocycles. The molecule has 2 fully saturated rings. The van der Waals surface area contributed by atoms with Gasteiger partial charge >= 0.3 is 6.09 Å². The van der Waals surface area contributed by atoms with Crippen molar-refractivity contribution in [3.05, 3.63) is 59.8 Å². The van der Waals surface area contributed by atoms with Crippen LogP contribution >= 0.6 is 0 Å². The van der Waals surface area contributed by atoms with Crippen LogP contribution in [-0.2, 0) is 47.2 Å². The third-order valence-corrected chi connectivity index (χ3v) is 10.4. The number of hydrogen-bond donors (Lipinski definition) is 3. The van der Waals surface area contributed by atoms with Gasteiger partial charge in [0.1, 0.15) is 11.8 Å². The molecule has 5 atom stereocenters. The van der Waals surface area contributed by atoms with E-state index in [0.717, 1.165) is 11.8 Å². The summed E-state index contributed by atoms with van der Waals surface area (Å²) in [4.78, 5) is 13.0. The number of nitrogens with one attached hydrogen (secondary N) is 2. The molecule has 16 heteroatoms. The molecule has 14 nitrogen and oxygen atoms in total. The number of rotatable bonds is 14. The summed E-state index contributed by atoms with van der Waals surface area (Å²) in [6.45, 7) is 4.00. The fourth-order valence-corrected chi connectivity index (χ4v) is 7.69. The molecule has 3 aromatic rings. The largest absolute Gasteiger partial charge is 0.443 e. The van der Waals surface area contributed by atoms with Crippen molar-refractivity contribution in [3.8, 4) is 0 Å². The van der Waals surface area contributed by atoms with Crippen LogP contribution in [0.1, 0.15) is 31.5 Å². The molecule has 1 unspecified atom stereocenters. The van der Waals surface area contributed by atoms with E-state index in [4.69, 9.17) is 18.7 Å². The normalized spacial score (nSPS) is 21.5. The van der Waals surface area contributed by atoms with Gasteiger partial charge in [0.2, 0.25) is 20.0 Å². The fourth-order valence-electron chi connectivity index (χ4n) is 5.64. The van der Waals surface area contributed by atoms with Crippen molar-refractivity contribution in [1.82, 2.24) is 19.5 Å². The second kappa shape index (κ2) is 14.3. The molecule has 46 heavy (non-hydrogen) atoms. The highest BCUT2D eigenvalue weighted by Crippen LogP contribution is 2.33. The lowest BCUT2D eigenvalue weighted by Crippen LogP contribution is -2.51. The molecule has 0 radical (unpaired) electrons. The number of amides is 1. The van der Waals surface area contributed by atoms with E-state index in [1.807, 2.05) is 44.2 Å². The van der Waals surface area contributed by atoms with Gasteiger partial charge in [-0.15, -0.1) is 0 Å². The summed E-state index contributed by atoms with van der Waals surface area (Å²) in [6, 6.07) is 12.5. The number of benzene rings is 2. The second-order valence-corrected chi connectivity index (χ2v) is 15.8. The molecule has 1 aromatic heterocycles. The number of alkyl carbamates (subject to hydrolysis) is 1. The molecule has 2 saturated heterocycles. The Morgan fingerprint density at radius 1 is 1.11 bits per heavy atom. The summed E-state index contributed by atoms with van der Waals surface area (Å²) in [7, 11) is -7.73. The van der Waals surface area contributed by atoms with E-state index < -0.39 is 50.7 Å². The minimum absolute atomic E-state index is 0.0691. The zero-order valence-electron chi connectivity index (χ0n) is 25.9. The van der Waals surface area contributed by atoms with Gasteiger partial charge in [0, 0.05) is 18.5 Å². The predicted octanol–water partition coefficient (Wildman–Crippen LogP) is 1.98. The Kier molecular flexibility index (Phi) is 10.7. The number of hydrogen-bond acceptors (Lipinski definition) is 11. The number of aromatic nitrogens is 1. The summed E-state index contributed by atoms with van der Waals surface area (Å²) < 4.78 is 76.9. The number of fused-ring (bicyclic) bond motifs is 2. The zero-order valence-corrected chi connectivity index (χ0v) is 27.5. The maximum Gasteiger partial charge on any atom is 0.407 e. The van der Waals surface area contributed by atoms with E-state index in [9.17, 15) is 26.7 Å². The van der Waals surface area contributed by atoms with Gasteiger partial charge in [-0.25, -0.2) is 26.4 Å². The van der Waals surface area contributed by atoms with E-state index in [0.29, 0.717) is 18.4 Å². The van der Waals surface area contributed by atoms with Gasteiger partial charge in [-0.2, -0.15) is 4.31 Å². The van der Waals surface area contributed by atoms with Crippen molar-refractivity contribution in [1.29, 1.82) is 0 Å². The fraction of sp³-hybridized carbons (Fsp3) is 0.533. The Labute approximate surface area is 268 Å². The van der Waals surface area contributed by atoms with E-state index in [1.165, 1.54) is 22.5 Å². The average molecular weight is 681 g/mol. The van der Waals surface area contributed by atoms with Gasteiger partial charge in [0.05, 0.1) is 49.0 Å². The first-order chi connectivity index (χ1) is 21.8. The highest BCUT2D eigenvalue weighted by Gasteiger charge is 2.44. The molecule has 2 aliphatic rings. The van der Waals surface area contributed by atoms with Gasteiger partial charge in [-0.3, -0.25) is 0 Å². The Bertz CT molecular complexity index is 1720. The lowest BCUT2D eigenvalue weighted by atomic mass is 10.0. The molecular formula is C30H40N4O10S2. The Morgan fingerprint density at radius 3 is 2.59 bits per heavy atom. The second-order valence-electron chi connectivity index (χ2n) is 12.1. The van der Waals surface area contributed by atoms with Crippen LogP contribution in [0, 0.1) is 11.8 Å². The summed E-state index contributed by atoms with van der Waals surface area (Å²) in [6.07, 6.45) is -1.04. The summed E-state index contributed by atoms with van der Waals surface area (Å²) in [5, 5.41) is 18.5. The monoisotopic (exact) mass is 680 g/mol. The number of nitrogens with zero attached hydrogens (tertiary/aromatic N) is 2. The predicted molar refractivity (Wildman–Crippen MR) is 166 cm³/mol. The molecule has 5 rings (SSSR count). The van der Waals surface area contributed by atoms with E-state index in [1.54, 1.807) is 0 Å².